The average Bonchev–Trinajstić information content (AvgIpc) is 3.27. The summed E-state index contributed by atoms with van der Waals surface area (Å²) in [6, 6.07) is 9.80. The van der Waals surface area contributed by atoms with Crippen LogP contribution in [-0.2, 0) is 5.75 Å². The summed E-state index contributed by atoms with van der Waals surface area (Å²) in [5.74, 6) is 2.18. The fourth-order valence-electron chi connectivity index (χ4n) is 2.66. The lowest BCUT2D eigenvalue weighted by molar-refractivity contribution is 0.415. The highest BCUT2D eigenvalue weighted by Crippen LogP contribution is 2.27. The minimum absolute atomic E-state index is 0.634. The van der Waals surface area contributed by atoms with Crippen LogP contribution in [0.1, 0.15) is 17.1 Å². The Hall–Kier alpha value is -2.65. The number of methoxy groups -OCH3 is 1. The van der Waals surface area contributed by atoms with Gasteiger partial charge in [-0.05, 0) is 44.2 Å². The van der Waals surface area contributed by atoms with Gasteiger partial charge in [0.05, 0.1) is 12.8 Å². The zero-order valence-corrected chi connectivity index (χ0v) is 16.8. The number of nitrogens with one attached hydrogen (secondary N) is 1. The van der Waals surface area contributed by atoms with E-state index in [-0.39, 0.29) is 0 Å². The summed E-state index contributed by atoms with van der Waals surface area (Å²) < 4.78 is 7.15. The van der Waals surface area contributed by atoms with Crippen LogP contribution in [-0.4, -0.2) is 31.7 Å². The number of fused-ring (bicyclic) bond motifs is 1. The van der Waals surface area contributed by atoms with E-state index in [1.807, 2.05) is 48.6 Å². The first-order valence-electron chi connectivity index (χ1n) is 8.30. The number of anilines is 2. The molecule has 9 heteroatoms. The van der Waals surface area contributed by atoms with E-state index < -0.39 is 0 Å². The highest BCUT2D eigenvalue weighted by atomic mass is 32.2. The van der Waals surface area contributed by atoms with Crippen LogP contribution in [0.25, 0.3) is 5.78 Å². The van der Waals surface area contributed by atoms with Crippen LogP contribution in [0.2, 0.25) is 0 Å². The van der Waals surface area contributed by atoms with E-state index in [4.69, 9.17) is 4.74 Å². The SMILES string of the molecule is COc1ccc(Nc2nc(CSc3nnc4nc(C)cc(C)n34)cs2)cc1. The quantitative estimate of drug-likeness (QED) is 0.487. The molecule has 3 aromatic heterocycles. The third-order valence-electron chi connectivity index (χ3n) is 3.91. The molecule has 0 saturated carbocycles. The second kappa shape index (κ2) is 7.53. The molecule has 0 spiro atoms. The molecule has 1 N–H and O–H groups in total. The van der Waals surface area contributed by atoms with Gasteiger partial charge >= 0.3 is 0 Å². The molecule has 27 heavy (non-hydrogen) atoms. The van der Waals surface area contributed by atoms with E-state index in [0.717, 1.165) is 44.6 Å². The van der Waals surface area contributed by atoms with Crippen molar-refractivity contribution >= 4 is 39.7 Å². The summed E-state index contributed by atoms with van der Waals surface area (Å²) in [6.45, 7) is 4.00. The van der Waals surface area contributed by atoms with Gasteiger partial charge in [-0.3, -0.25) is 4.40 Å². The van der Waals surface area contributed by atoms with Crippen LogP contribution in [0.15, 0.2) is 40.9 Å². The van der Waals surface area contributed by atoms with E-state index in [1.165, 1.54) is 0 Å². The van der Waals surface area contributed by atoms with Crippen LogP contribution in [0.3, 0.4) is 0 Å². The van der Waals surface area contributed by atoms with Crippen molar-refractivity contribution < 1.29 is 4.74 Å². The number of thioether (sulfide) groups is 1. The molecule has 4 aromatic rings. The Morgan fingerprint density at radius 3 is 2.74 bits per heavy atom. The Labute approximate surface area is 164 Å². The number of hydrogen-bond acceptors (Lipinski definition) is 8. The van der Waals surface area contributed by atoms with Gasteiger partial charge in [-0.25, -0.2) is 9.97 Å². The topological polar surface area (TPSA) is 77.2 Å². The van der Waals surface area contributed by atoms with Gasteiger partial charge in [-0.15, -0.1) is 21.5 Å². The summed E-state index contributed by atoms with van der Waals surface area (Å²) in [7, 11) is 1.66. The summed E-state index contributed by atoms with van der Waals surface area (Å²) in [6.07, 6.45) is 0. The van der Waals surface area contributed by atoms with Crippen molar-refractivity contribution in [3.8, 4) is 5.75 Å². The Balaban J connectivity index is 1.44. The molecule has 0 aliphatic carbocycles. The number of rotatable bonds is 6. The predicted molar refractivity (Wildman–Crippen MR) is 108 cm³/mol. The van der Waals surface area contributed by atoms with Gasteiger partial charge in [0.1, 0.15) is 5.75 Å². The van der Waals surface area contributed by atoms with Gasteiger partial charge < -0.3 is 10.1 Å². The second-order valence-corrected chi connectivity index (χ2v) is 7.74. The number of hydrogen-bond donors (Lipinski definition) is 1. The van der Waals surface area contributed by atoms with Crippen molar-refractivity contribution in [2.45, 2.75) is 24.8 Å². The van der Waals surface area contributed by atoms with Crippen LogP contribution in [0.5, 0.6) is 5.75 Å². The maximum Gasteiger partial charge on any atom is 0.256 e. The lowest BCUT2D eigenvalue weighted by Crippen LogP contribution is -1.97. The zero-order valence-electron chi connectivity index (χ0n) is 15.1. The molecule has 0 unspecified atom stereocenters. The molecule has 0 radical (unpaired) electrons. The highest BCUT2D eigenvalue weighted by Gasteiger charge is 2.11. The molecule has 4 rings (SSSR count). The molecule has 3 heterocycles. The minimum atomic E-state index is 0.634. The molecule has 138 valence electrons. The van der Waals surface area contributed by atoms with E-state index in [0.29, 0.717) is 5.78 Å². The molecule has 0 aliphatic heterocycles. The smallest absolute Gasteiger partial charge is 0.256 e. The maximum atomic E-state index is 5.18. The van der Waals surface area contributed by atoms with E-state index in [1.54, 1.807) is 30.2 Å². The van der Waals surface area contributed by atoms with Gasteiger partial charge in [-0.2, -0.15) is 0 Å². The zero-order chi connectivity index (χ0) is 18.8. The van der Waals surface area contributed by atoms with Crippen molar-refractivity contribution in [3.05, 3.63) is 52.8 Å². The summed E-state index contributed by atoms with van der Waals surface area (Å²) in [5.41, 5.74) is 3.99. The molecule has 0 atom stereocenters. The molecule has 0 aliphatic rings. The number of benzene rings is 1. The number of nitrogens with zero attached hydrogens (tertiary/aromatic N) is 5. The van der Waals surface area contributed by atoms with Gasteiger partial charge in [-0.1, -0.05) is 11.8 Å². The van der Waals surface area contributed by atoms with Crippen molar-refractivity contribution in [2.24, 2.45) is 0 Å². The van der Waals surface area contributed by atoms with Crippen molar-refractivity contribution in [1.82, 2.24) is 24.6 Å². The van der Waals surface area contributed by atoms with Crippen LogP contribution < -0.4 is 10.1 Å². The lowest BCUT2D eigenvalue weighted by Gasteiger charge is -2.04. The largest absolute Gasteiger partial charge is 0.497 e. The van der Waals surface area contributed by atoms with Crippen LogP contribution in [0.4, 0.5) is 10.8 Å². The first kappa shape index (κ1) is 17.7. The summed E-state index contributed by atoms with van der Waals surface area (Å²) in [4.78, 5) is 9.07. The first-order chi connectivity index (χ1) is 13.1. The Morgan fingerprint density at radius 1 is 1.15 bits per heavy atom. The Bertz CT molecular complexity index is 1070. The van der Waals surface area contributed by atoms with E-state index >= 15 is 0 Å². The molecule has 0 amide bonds. The van der Waals surface area contributed by atoms with E-state index in [9.17, 15) is 0 Å². The normalized spacial score (nSPS) is 11.1. The molecule has 0 saturated heterocycles. The van der Waals surface area contributed by atoms with Gasteiger partial charge in [0.25, 0.3) is 5.78 Å². The van der Waals surface area contributed by atoms with Crippen molar-refractivity contribution in [3.63, 3.8) is 0 Å². The maximum absolute atomic E-state index is 5.18. The molecule has 7 nitrogen and oxygen atoms in total. The van der Waals surface area contributed by atoms with Gasteiger partial charge in [0, 0.05) is 28.2 Å². The molecule has 1 aromatic carbocycles. The Morgan fingerprint density at radius 2 is 1.96 bits per heavy atom. The van der Waals surface area contributed by atoms with Gasteiger partial charge in [0.2, 0.25) is 0 Å². The molecular formula is C18H18N6OS2. The van der Waals surface area contributed by atoms with Crippen molar-refractivity contribution in [1.29, 1.82) is 0 Å². The fraction of sp³-hybridized carbons (Fsp3) is 0.222. The molecule has 0 bridgehead atoms. The van der Waals surface area contributed by atoms with Crippen LogP contribution in [0, 0.1) is 13.8 Å². The third kappa shape index (κ3) is 3.88. The lowest BCUT2D eigenvalue weighted by atomic mass is 10.3. The summed E-state index contributed by atoms with van der Waals surface area (Å²) >= 11 is 3.18. The fourth-order valence-corrected chi connectivity index (χ4v) is 4.37. The highest BCUT2D eigenvalue weighted by molar-refractivity contribution is 7.98. The molecule has 0 fully saturated rings. The monoisotopic (exact) mass is 398 g/mol. The van der Waals surface area contributed by atoms with E-state index in [2.05, 4.69) is 30.9 Å². The standard InChI is InChI=1S/C18H18N6OS2/c1-11-8-12(2)24-16(19-11)22-23-18(24)27-10-14-9-26-17(21-14)20-13-4-6-15(25-3)7-5-13/h4-9H,10H2,1-3H3,(H,20,21). The van der Waals surface area contributed by atoms with Crippen molar-refractivity contribution in [2.75, 3.05) is 12.4 Å². The second-order valence-electron chi connectivity index (χ2n) is 5.94. The van der Waals surface area contributed by atoms with Crippen LogP contribution >= 0.6 is 23.1 Å². The van der Waals surface area contributed by atoms with Gasteiger partial charge in [0.15, 0.2) is 10.3 Å². The predicted octanol–water partition coefficient (Wildman–Crippen LogP) is 4.24. The third-order valence-corrected chi connectivity index (χ3v) is 5.67. The number of aryl methyl sites for hydroxylation is 2. The number of aromatic nitrogens is 5. The minimum Gasteiger partial charge on any atom is -0.497 e. The average molecular weight is 399 g/mol. The number of thiazole rings is 1. The first-order valence-corrected chi connectivity index (χ1v) is 10.2. The molecular weight excluding hydrogens is 380 g/mol. The Kier molecular flexibility index (Phi) is 4.95. The summed E-state index contributed by atoms with van der Waals surface area (Å²) in [5, 5.41) is 15.5. The number of ether oxygens (including phenoxy) is 1.